The third-order valence-corrected chi connectivity index (χ3v) is 3.70. The van der Waals surface area contributed by atoms with Gasteiger partial charge in [-0.15, -0.1) is 0 Å². The van der Waals surface area contributed by atoms with Crippen LogP contribution in [0.25, 0.3) is 0 Å². The molecule has 2 amide bonds. The Kier molecular flexibility index (Phi) is 4.66. The average Bonchev–Trinajstić information content (AvgIpc) is 3.16. The van der Waals surface area contributed by atoms with Gasteiger partial charge in [-0.3, -0.25) is 9.59 Å². The standard InChI is InChI=1S/C13H16BrN3O4/c14-7-5-10(17(6-7)8-1-2-8)12(19)16-9(13(20)21)3-4-11(15)18/h5-6,8-9H,1-4H2,(H2,15,18)(H,16,19)(H,20,21)/t9-/m1/s1. The summed E-state index contributed by atoms with van der Waals surface area (Å²) < 4.78 is 2.61. The van der Waals surface area contributed by atoms with Gasteiger partial charge in [0.05, 0.1) is 0 Å². The Morgan fingerprint density at radius 1 is 1.48 bits per heavy atom. The molecule has 0 bridgehead atoms. The molecule has 1 aliphatic carbocycles. The number of halogens is 1. The van der Waals surface area contributed by atoms with Crippen molar-refractivity contribution in [3.8, 4) is 0 Å². The lowest BCUT2D eigenvalue weighted by atomic mass is 10.1. The molecule has 0 unspecified atom stereocenters. The fourth-order valence-electron chi connectivity index (χ4n) is 2.06. The number of nitrogens with one attached hydrogen (secondary N) is 1. The van der Waals surface area contributed by atoms with Crippen molar-refractivity contribution in [2.24, 2.45) is 5.73 Å². The third-order valence-electron chi connectivity index (χ3n) is 3.27. The Labute approximate surface area is 129 Å². The highest BCUT2D eigenvalue weighted by Gasteiger charge is 2.29. The molecule has 4 N–H and O–H groups in total. The summed E-state index contributed by atoms with van der Waals surface area (Å²) >= 11 is 3.31. The van der Waals surface area contributed by atoms with Gasteiger partial charge in [-0.1, -0.05) is 0 Å². The number of aliphatic carboxylic acids is 1. The van der Waals surface area contributed by atoms with Gasteiger partial charge < -0.3 is 20.7 Å². The van der Waals surface area contributed by atoms with Crippen LogP contribution in [0.2, 0.25) is 0 Å². The highest BCUT2D eigenvalue weighted by Crippen LogP contribution is 2.37. The molecule has 1 aromatic heterocycles. The number of aromatic nitrogens is 1. The monoisotopic (exact) mass is 357 g/mol. The Bertz CT molecular complexity index is 580. The van der Waals surface area contributed by atoms with E-state index in [9.17, 15) is 14.4 Å². The van der Waals surface area contributed by atoms with Gasteiger partial charge in [-0.05, 0) is 41.3 Å². The molecule has 114 valence electrons. The largest absolute Gasteiger partial charge is 0.480 e. The molecule has 1 fully saturated rings. The molecule has 8 heteroatoms. The van der Waals surface area contributed by atoms with Crippen LogP contribution in [-0.4, -0.2) is 33.5 Å². The molecule has 1 aromatic rings. The van der Waals surface area contributed by atoms with E-state index >= 15 is 0 Å². The van der Waals surface area contributed by atoms with Gasteiger partial charge in [0.2, 0.25) is 5.91 Å². The number of amides is 2. The summed E-state index contributed by atoms with van der Waals surface area (Å²) in [6.45, 7) is 0. The van der Waals surface area contributed by atoms with E-state index in [1.54, 1.807) is 6.07 Å². The van der Waals surface area contributed by atoms with E-state index in [1.165, 1.54) is 0 Å². The van der Waals surface area contributed by atoms with Crippen molar-refractivity contribution in [3.05, 3.63) is 22.4 Å². The lowest BCUT2D eigenvalue weighted by Gasteiger charge is -2.14. The zero-order valence-electron chi connectivity index (χ0n) is 11.2. The van der Waals surface area contributed by atoms with E-state index in [-0.39, 0.29) is 12.8 Å². The van der Waals surface area contributed by atoms with Gasteiger partial charge in [0.25, 0.3) is 5.91 Å². The minimum Gasteiger partial charge on any atom is -0.480 e. The van der Waals surface area contributed by atoms with E-state index in [0.29, 0.717) is 11.7 Å². The maximum Gasteiger partial charge on any atom is 0.326 e. The van der Waals surface area contributed by atoms with Crippen molar-refractivity contribution in [1.82, 2.24) is 9.88 Å². The molecule has 0 saturated heterocycles. The molecule has 1 saturated carbocycles. The van der Waals surface area contributed by atoms with E-state index in [2.05, 4.69) is 21.2 Å². The number of nitrogens with zero attached hydrogens (tertiary/aromatic N) is 1. The minimum absolute atomic E-state index is 0.0261. The molecule has 0 spiro atoms. The van der Waals surface area contributed by atoms with Gasteiger partial charge in [0.1, 0.15) is 11.7 Å². The van der Waals surface area contributed by atoms with Gasteiger partial charge >= 0.3 is 5.97 Å². The van der Waals surface area contributed by atoms with Crippen molar-refractivity contribution < 1.29 is 19.5 Å². The first-order valence-electron chi connectivity index (χ1n) is 6.58. The minimum atomic E-state index is -1.19. The number of primary amides is 1. The normalized spacial score (nSPS) is 15.5. The number of carbonyl (C=O) groups is 3. The van der Waals surface area contributed by atoms with Gasteiger partial charge in [-0.2, -0.15) is 0 Å². The molecular formula is C13H16BrN3O4. The first-order chi connectivity index (χ1) is 9.88. The van der Waals surface area contributed by atoms with Gasteiger partial charge in [-0.25, -0.2) is 4.79 Å². The maximum absolute atomic E-state index is 12.2. The SMILES string of the molecule is NC(=O)CC[C@@H](NC(=O)c1cc(Br)cn1C1CC1)C(=O)O. The zero-order valence-corrected chi connectivity index (χ0v) is 12.8. The fraction of sp³-hybridized carbons (Fsp3) is 0.462. The summed E-state index contributed by atoms with van der Waals surface area (Å²) in [6, 6.07) is 0.818. The van der Waals surface area contributed by atoms with Crippen LogP contribution in [0.3, 0.4) is 0 Å². The third kappa shape index (κ3) is 4.07. The van der Waals surface area contributed by atoms with Crippen LogP contribution in [0.5, 0.6) is 0 Å². The molecule has 7 nitrogen and oxygen atoms in total. The highest BCUT2D eigenvalue weighted by atomic mass is 79.9. The number of nitrogens with two attached hydrogens (primary N) is 1. The smallest absolute Gasteiger partial charge is 0.326 e. The van der Waals surface area contributed by atoms with Gasteiger partial charge in [0.15, 0.2) is 0 Å². The van der Waals surface area contributed by atoms with Crippen LogP contribution < -0.4 is 11.1 Å². The van der Waals surface area contributed by atoms with Crippen LogP contribution in [-0.2, 0) is 9.59 Å². The van der Waals surface area contributed by atoms with E-state index < -0.39 is 23.8 Å². The molecule has 0 aliphatic heterocycles. The highest BCUT2D eigenvalue weighted by molar-refractivity contribution is 9.10. The summed E-state index contributed by atoms with van der Waals surface area (Å²) in [4.78, 5) is 34.1. The number of carboxylic acid groups (broad SMARTS) is 1. The lowest BCUT2D eigenvalue weighted by molar-refractivity contribution is -0.139. The predicted octanol–water partition coefficient (Wildman–Crippen LogP) is 1.03. The number of carboxylic acids is 1. The molecule has 0 radical (unpaired) electrons. The maximum atomic E-state index is 12.2. The Morgan fingerprint density at radius 3 is 2.67 bits per heavy atom. The molecule has 1 aliphatic rings. The van der Waals surface area contributed by atoms with Crippen molar-refractivity contribution >= 4 is 33.7 Å². The van der Waals surface area contributed by atoms with Crippen LogP contribution >= 0.6 is 15.9 Å². The zero-order chi connectivity index (χ0) is 15.6. The van der Waals surface area contributed by atoms with Crippen molar-refractivity contribution in [2.45, 2.75) is 37.8 Å². The second kappa shape index (κ2) is 6.30. The second-order valence-corrected chi connectivity index (χ2v) is 5.97. The Hall–Kier alpha value is -1.83. The molecule has 21 heavy (non-hydrogen) atoms. The predicted molar refractivity (Wildman–Crippen MR) is 77.7 cm³/mol. The number of hydrogen-bond donors (Lipinski definition) is 3. The molecule has 1 heterocycles. The topological polar surface area (TPSA) is 114 Å². The summed E-state index contributed by atoms with van der Waals surface area (Å²) in [5.74, 6) is -2.25. The van der Waals surface area contributed by atoms with E-state index in [4.69, 9.17) is 10.8 Å². The van der Waals surface area contributed by atoms with Crippen molar-refractivity contribution in [3.63, 3.8) is 0 Å². The quantitative estimate of drug-likeness (QED) is 0.675. The fourth-order valence-corrected chi connectivity index (χ4v) is 2.50. The first kappa shape index (κ1) is 15.6. The summed E-state index contributed by atoms with van der Waals surface area (Å²) in [5, 5.41) is 11.5. The van der Waals surface area contributed by atoms with Crippen molar-refractivity contribution in [2.75, 3.05) is 0 Å². The van der Waals surface area contributed by atoms with E-state index in [0.717, 1.165) is 17.3 Å². The second-order valence-electron chi connectivity index (χ2n) is 5.05. The number of rotatable bonds is 7. The van der Waals surface area contributed by atoms with Crippen LogP contribution in [0.15, 0.2) is 16.7 Å². The van der Waals surface area contributed by atoms with Gasteiger partial charge in [0, 0.05) is 23.1 Å². The van der Waals surface area contributed by atoms with Crippen LogP contribution in [0, 0.1) is 0 Å². The number of hydrogen-bond acceptors (Lipinski definition) is 3. The first-order valence-corrected chi connectivity index (χ1v) is 7.37. The average molecular weight is 358 g/mol. The molecule has 0 aromatic carbocycles. The molecular weight excluding hydrogens is 342 g/mol. The van der Waals surface area contributed by atoms with Crippen LogP contribution in [0.4, 0.5) is 0 Å². The van der Waals surface area contributed by atoms with E-state index in [1.807, 2.05) is 10.8 Å². The Morgan fingerprint density at radius 2 is 2.14 bits per heavy atom. The summed E-state index contributed by atoms with van der Waals surface area (Å²) in [6.07, 6.45) is 3.70. The summed E-state index contributed by atoms with van der Waals surface area (Å²) in [5.41, 5.74) is 5.42. The Balaban J connectivity index is 2.08. The van der Waals surface area contributed by atoms with Crippen molar-refractivity contribution in [1.29, 1.82) is 0 Å². The summed E-state index contributed by atoms with van der Waals surface area (Å²) in [7, 11) is 0. The number of carbonyl (C=O) groups excluding carboxylic acids is 2. The molecule has 1 atom stereocenters. The molecule has 2 rings (SSSR count). The van der Waals surface area contributed by atoms with Crippen LogP contribution in [0.1, 0.15) is 42.2 Å². The lowest BCUT2D eigenvalue weighted by Crippen LogP contribution is -2.42.